The van der Waals surface area contributed by atoms with Gasteiger partial charge in [-0.1, -0.05) is 0 Å². The molecule has 2 amide bonds. The molecule has 0 aromatic heterocycles. The van der Waals surface area contributed by atoms with Gasteiger partial charge in [0.25, 0.3) is 0 Å². The number of ether oxygens (including phenoxy) is 1. The molecule has 2 unspecified atom stereocenters. The van der Waals surface area contributed by atoms with E-state index in [4.69, 9.17) is 5.73 Å². The smallest absolute Gasteiger partial charge is 0.404 e. The molecular formula is C11H19N3O3. The molecule has 2 aliphatic heterocycles. The van der Waals surface area contributed by atoms with Gasteiger partial charge in [-0.3, -0.25) is 4.79 Å². The number of carbonyl (C=O) groups excluding carboxylic acids is 2. The number of piperidine rings is 1. The van der Waals surface area contributed by atoms with E-state index >= 15 is 0 Å². The summed E-state index contributed by atoms with van der Waals surface area (Å²) in [5.74, 6) is 0.239. The summed E-state index contributed by atoms with van der Waals surface area (Å²) in [5, 5.41) is 3.27. The zero-order chi connectivity index (χ0) is 12.3. The highest BCUT2D eigenvalue weighted by Crippen LogP contribution is 2.27. The van der Waals surface area contributed by atoms with Crippen molar-refractivity contribution in [3.63, 3.8) is 0 Å². The lowest BCUT2D eigenvalue weighted by Gasteiger charge is -2.32. The number of nitrogens with two attached hydrogens (primary N) is 1. The minimum Gasteiger partial charge on any atom is -0.448 e. The van der Waals surface area contributed by atoms with E-state index in [0.717, 1.165) is 19.4 Å². The van der Waals surface area contributed by atoms with Crippen LogP contribution in [0.4, 0.5) is 4.79 Å². The van der Waals surface area contributed by atoms with Crippen molar-refractivity contribution < 1.29 is 14.3 Å². The average Bonchev–Trinajstić information content (AvgIpc) is 2.63. The molecule has 2 heterocycles. The van der Waals surface area contributed by atoms with Gasteiger partial charge in [0.05, 0.1) is 0 Å². The van der Waals surface area contributed by atoms with Crippen LogP contribution in [0.15, 0.2) is 0 Å². The second kappa shape index (κ2) is 5.35. The van der Waals surface area contributed by atoms with Crippen molar-refractivity contribution in [2.24, 2.45) is 5.73 Å². The quantitative estimate of drug-likeness (QED) is 0.669. The molecule has 6 heteroatoms. The number of hydrogen-bond acceptors (Lipinski definition) is 4. The molecule has 2 fully saturated rings. The Bertz CT molecular complexity index is 308. The summed E-state index contributed by atoms with van der Waals surface area (Å²) in [6.07, 6.45) is 3.17. The first-order chi connectivity index (χ1) is 8.18. The molecule has 0 aromatic carbocycles. The number of amides is 2. The van der Waals surface area contributed by atoms with Crippen molar-refractivity contribution in [2.45, 2.75) is 37.8 Å². The highest BCUT2D eigenvalue weighted by atomic mass is 16.5. The van der Waals surface area contributed by atoms with E-state index in [1.54, 1.807) is 0 Å². The van der Waals surface area contributed by atoms with E-state index in [1.165, 1.54) is 6.42 Å². The monoisotopic (exact) mass is 241 g/mol. The van der Waals surface area contributed by atoms with Gasteiger partial charge in [0, 0.05) is 31.6 Å². The number of carbonyl (C=O) groups is 2. The van der Waals surface area contributed by atoms with E-state index in [1.807, 2.05) is 4.90 Å². The third-order valence-electron chi connectivity index (χ3n) is 3.48. The molecule has 0 aliphatic carbocycles. The lowest BCUT2D eigenvalue weighted by atomic mass is 9.99. The maximum atomic E-state index is 11.7. The molecule has 6 nitrogen and oxygen atoms in total. The van der Waals surface area contributed by atoms with Crippen molar-refractivity contribution in [3.05, 3.63) is 0 Å². The van der Waals surface area contributed by atoms with Crippen LogP contribution in [0.25, 0.3) is 0 Å². The van der Waals surface area contributed by atoms with Gasteiger partial charge in [0.15, 0.2) is 0 Å². The largest absolute Gasteiger partial charge is 0.448 e. The van der Waals surface area contributed by atoms with Crippen molar-refractivity contribution in [3.8, 4) is 0 Å². The van der Waals surface area contributed by atoms with Gasteiger partial charge in [0.2, 0.25) is 5.91 Å². The van der Waals surface area contributed by atoms with E-state index in [9.17, 15) is 9.59 Å². The molecule has 96 valence electrons. The van der Waals surface area contributed by atoms with Gasteiger partial charge >= 0.3 is 6.09 Å². The van der Waals surface area contributed by atoms with Crippen LogP contribution in [0.3, 0.4) is 0 Å². The number of fused-ring (bicyclic) bond motifs is 1. The lowest BCUT2D eigenvalue weighted by molar-refractivity contribution is -0.129. The van der Waals surface area contributed by atoms with Gasteiger partial charge in [-0.15, -0.1) is 0 Å². The number of nitrogens with one attached hydrogen (secondary N) is 1. The number of nitrogens with zero attached hydrogens (tertiary/aromatic N) is 1. The Hall–Kier alpha value is -1.30. The summed E-state index contributed by atoms with van der Waals surface area (Å²) >= 11 is 0. The fourth-order valence-electron chi connectivity index (χ4n) is 2.73. The van der Waals surface area contributed by atoms with Crippen LogP contribution in [0.2, 0.25) is 0 Å². The van der Waals surface area contributed by atoms with Crippen LogP contribution in [0.1, 0.15) is 25.7 Å². The van der Waals surface area contributed by atoms with Crippen molar-refractivity contribution in [2.75, 3.05) is 19.7 Å². The summed E-state index contributed by atoms with van der Waals surface area (Å²) in [4.78, 5) is 24.1. The SMILES string of the molecule is NC(=O)OCCNC1CC(=O)N2CCCCC12. The number of rotatable bonds is 4. The predicted molar refractivity (Wildman–Crippen MR) is 61.3 cm³/mol. The molecule has 0 spiro atoms. The molecular weight excluding hydrogens is 222 g/mol. The molecule has 2 aliphatic rings. The fraction of sp³-hybridized carbons (Fsp3) is 0.818. The van der Waals surface area contributed by atoms with Gasteiger partial charge in [-0.05, 0) is 19.3 Å². The molecule has 0 aromatic rings. The van der Waals surface area contributed by atoms with E-state index < -0.39 is 6.09 Å². The van der Waals surface area contributed by atoms with Crippen LogP contribution in [-0.4, -0.2) is 48.7 Å². The van der Waals surface area contributed by atoms with Crippen LogP contribution in [0, 0.1) is 0 Å². The maximum Gasteiger partial charge on any atom is 0.404 e. The van der Waals surface area contributed by atoms with Gasteiger partial charge in [0.1, 0.15) is 6.61 Å². The van der Waals surface area contributed by atoms with E-state index in [0.29, 0.717) is 19.0 Å². The third-order valence-corrected chi connectivity index (χ3v) is 3.48. The normalized spacial score (nSPS) is 28.0. The Labute approximate surface area is 100 Å². The first-order valence-corrected chi connectivity index (χ1v) is 6.13. The molecule has 2 saturated heterocycles. The first-order valence-electron chi connectivity index (χ1n) is 6.13. The Morgan fingerprint density at radius 2 is 2.35 bits per heavy atom. The van der Waals surface area contributed by atoms with E-state index in [-0.39, 0.29) is 18.6 Å². The summed E-state index contributed by atoms with van der Waals surface area (Å²) < 4.78 is 4.64. The molecule has 2 rings (SSSR count). The Kier molecular flexibility index (Phi) is 3.83. The number of hydrogen-bond donors (Lipinski definition) is 2. The van der Waals surface area contributed by atoms with Crippen LogP contribution in [-0.2, 0) is 9.53 Å². The van der Waals surface area contributed by atoms with Gasteiger partial charge in [-0.25, -0.2) is 4.79 Å². The van der Waals surface area contributed by atoms with Crippen molar-refractivity contribution in [1.29, 1.82) is 0 Å². The zero-order valence-electron chi connectivity index (χ0n) is 9.85. The first kappa shape index (κ1) is 12.2. The Balaban J connectivity index is 1.77. The van der Waals surface area contributed by atoms with Gasteiger partial charge < -0.3 is 20.7 Å². The molecule has 3 N–H and O–H groups in total. The predicted octanol–water partition coefficient (Wildman–Crippen LogP) is -0.175. The Morgan fingerprint density at radius 3 is 3.12 bits per heavy atom. The summed E-state index contributed by atoms with van der Waals surface area (Å²) in [7, 11) is 0. The average molecular weight is 241 g/mol. The molecule has 0 saturated carbocycles. The highest BCUT2D eigenvalue weighted by Gasteiger charge is 2.40. The van der Waals surface area contributed by atoms with Crippen LogP contribution >= 0.6 is 0 Å². The lowest BCUT2D eigenvalue weighted by Crippen LogP contribution is -2.46. The molecule has 17 heavy (non-hydrogen) atoms. The molecule has 0 radical (unpaired) electrons. The number of primary amides is 1. The molecule has 0 bridgehead atoms. The Morgan fingerprint density at radius 1 is 1.53 bits per heavy atom. The van der Waals surface area contributed by atoms with Crippen LogP contribution < -0.4 is 11.1 Å². The summed E-state index contributed by atoms with van der Waals surface area (Å²) in [6, 6.07) is 0.518. The topological polar surface area (TPSA) is 84.7 Å². The maximum absolute atomic E-state index is 11.7. The van der Waals surface area contributed by atoms with Crippen LogP contribution in [0.5, 0.6) is 0 Å². The minimum atomic E-state index is -0.756. The fourth-order valence-corrected chi connectivity index (χ4v) is 2.73. The molecule has 2 atom stereocenters. The van der Waals surface area contributed by atoms with Gasteiger partial charge in [-0.2, -0.15) is 0 Å². The van der Waals surface area contributed by atoms with Crippen molar-refractivity contribution >= 4 is 12.0 Å². The summed E-state index contributed by atoms with van der Waals surface area (Å²) in [6.45, 7) is 1.69. The second-order valence-corrected chi connectivity index (χ2v) is 4.58. The second-order valence-electron chi connectivity index (χ2n) is 4.58. The van der Waals surface area contributed by atoms with Crippen molar-refractivity contribution in [1.82, 2.24) is 10.2 Å². The minimum absolute atomic E-state index is 0.194. The highest BCUT2D eigenvalue weighted by molar-refractivity contribution is 5.80. The zero-order valence-corrected chi connectivity index (χ0v) is 9.85. The summed E-state index contributed by atoms with van der Waals surface area (Å²) in [5.41, 5.74) is 4.86. The van der Waals surface area contributed by atoms with E-state index in [2.05, 4.69) is 10.1 Å². The standard InChI is InChI=1S/C11H19N3O3/c12-11(16)17-6-4-13-8-7-10(15)14-5-2-1-3-9(8)14/h8-9,13H,1-7H2,(H2,12,16). The third kappa shape index (κ3) is 2.88.